The summed E-state index contributed by atoms with van der Waals surface area (Å²) >= 11 is 0. The molecule has 8 nitrogen and oxygen atoms in total. The number of pyridine rings is 1. The van der Waals surface area contributed by atoms with Gasteiger partial charge >= 0.3 is 0 Å². The first-order valence-corrected chi connectivity index (χ1v) is 13.8. The van der Waals surface area contributed by atoms with E-state index in [9.17, 15) is 23.7 Å². The molecular weight excluding hydrogens is 564 g/mol. The van der Waals surface area contributed by atoms with Gasteiger partial charge in [0.15, 0.2) is 0 Å². The summed E-state index contributed by atoms with van der Waals surface area (Å²) in [5, 5.41) is 35.7. The first kappa shape index (κ1) is 30.1. The predicted octanol–water partition coefficient (Wildman–Crippen LogP) is 5.44. The molecule has 0 amide bonds. The molecule has 0 aliphatic carbocycles. The third-order valence-electron chi connectivity index (χ3n) is 7.26. The molecule has 220 valence electrons. The molecule has 2 heterocycles. The van der Waals surface area contributed by atoms with Crippen LogP contribution >= 0.6 is 0 Å². The van der Waals surface area contributed by atoms with E-state index in [2.05, 4.69) is 58.8 Å². The predicted molar refractivity (Wildman–Crippen MR) is 164 cm³/mol. The highest BCUT2D eigenvalue weighted by atomic mass is 19.1. The Kier molecular flexibility index (Phi) is 8.03. The minimum atomic E-state index is -1.15. The number of hydrogen-bond donors (Lipinski definition) is 2. The van der Waals surface area contributed by atoms with Gasteiger partial charge in [0, 0.05) is 29.4 Å². The molecule has 44 heavy (non-hydrogen) atoms. The third kappa shape index (κ3) is 6.06. The lowest BCUT2D eigenvalue weighted by atomic mass is 9.69. The van der Waals surface area contributed by atoms with Crippen LogP contribution in [0.3, 0.4) is 0 Å². The van der Waals surface area contributed by atoms with Gasteiger partial charge in [-0.25, -0.2) is 17.9 Å². The van der Waals surface area contributed by atoms with Gasteiger partial charge in [0.05, 0.1) is 40.5 Å². The molecule has 2 aromatic heterocycles. The SMILES string of the molecule is BC(Nc1cc(C#N)c2ncc(C#N)c(NCC(C)(C)C)c2c1)(c1ccc(F)cc1)c1cn(Cc2c(F)cccc2F)nn1. The standard InChI is InChI=1S/C32H28BF3N8/c1-31(2,3)18-40-30-20(14-38)15-39-29-19(13-37)11-23(12-24(29)30)41-32(33,21-7-9-22(34)10-8-21)28-17-44(43-42-28)16-25-26(35)5-4-6-27(25)36/h4-12,15,17,41H,16,18,33H2,1-3H3,(H,39,40). The number of rotatable bonds is 8. The summed E-state index contributed by atoms with van der Waals surface area (Å²) in [6.07, 6.45) is 3.00. The van der Waals surface area contributed by atoms with Crippen molar-refractivity contribution in [2.75, 3.05) is 17.2 Å². The van der Waals surface area contributed by atoms with Gasteiger partial charge in [0.2, 0.25) is 0 Å². The maximum absolute atomic E-state index is 14.4. The fourth-order valence-corrected chi connectivity index (χ4v) is 4.90. The summed E-state index contributed by atoms with van der Waals surface area (Å²) in [7, 11) is 1.80. The van der Waals surface area contributed by atoms with Crippen LogP contribution in [0.2, 0.25) is 0 Å². The zero-order chi connectivity index (χ0) is 31.6. The second kappa shape index (κ2) is 11.7. The molecule has 0 saturated heterocycles. The Morgan fingerprint density at radius 3 is 2.27 bits per heavy atom. The summed E-state index contributed by atoms with van der Waals surface area (Å²) in [5.74, 6) is -1.84. The molecule has 0 aliphatic rings. The first-order chi connectivity index (χ1) is 20.9. The van der Waals surface area contributed by atoms with Gasteiger partial charge < -0.3 is 10.6 Å². The van der Waals surface area contributed by atoms with E-state index in [0.717, 1.165) is 0 Å². The summed E-state index contributed by atoms with van der Waals surface area (Å²) in [6.45, 7) is 6.53. The highest BCUT2D eigenvalue weighted by Gasteiger charge is 2.33. The van der Waals surface area contributed by atoms with E-state index in [4.69, 9.17) is 0 Å². The number of nitrogens with zero attached hydrogens (tertiary/aromatic N) is 6. The van der Waals surface area contributed by atoms with Gasteiger partial charge in [-0.2, -0.15) is 10.5 Å². The quantitative estimate of drug-likeness (QED) is 0.231. The largest absolute Gasteiger partial charge is 0.383 e. The molecule has 0 radical (unpaired) electrons. The lowest BCUT2D eigenvalue weighted by Gasteiger charge is -2.31. The topological polar surface area (TPSA) is 115 Å². The van der Waals surface area contributed by atoms with E-state index >= 15 is 0 Å². The van der Waals surface area contributed by atoms with Crippen molar-refractivity contribution in [2.45, 2.75) is 32.8 Å². The van der Waals surface area contributed by atoms with Crippen LogP contribution in [0, 0.1) is 45.5 Å². The van der Waals surface area contributed by atoms with E-state index in [0.29, 0.717) is 45.6 Å². The Morgan fingerprint density at radius 1 is 0.955 bits per heavy atom. The van der Waals surface area contributed by atoms with Crippen molar-refractivity contribution in [1.82, 2.24) is 20.0 Å². The Hall–Kier alpha value is -5.36. The fourth-order valence-electron chi connectivity index (χ4n) is 4.90. The monoisotopic (exact) mass is 592 g/mol. The number of fused-ring (bicyclic) bond motifs is 1. The lowest BCUT2D eigenvalue weighted by Crippen LogP contribution is -2.38. The van der Waals surface area contributed by atoms with Crippen LogP contribution in [0.25, 0.3) is 10.9 Å². The summed E-state index contributed by atoms with van der Waals surface area (Å²) in [4.78, 5) is 4.41. The summed E-state index contributed by atoms with van der Waals surface area (Å²) in [5.41, 5.74) is 1.63. The minimum absolute atomic E-state index is 0.102. The van der Waals surface area contributed by atoms with Crippen molar-refractivity contribution in [3.63, 3.8) is 0 Å². The number of nitrogens with one attached hydrogen (secondary N) is 2. The van der Waals surface area contributed by atoms with E-state index in [1.165, 1.54) is 41.2 Å². The molecule has 0 spiro atoms. The maximum atomic E-state index is 14.4. The Labute approximate surface area is 253 Å². The molecule has 12 heteroatoms. The van der Waals surface area contributed by atoms with Crippen LogP contribution in [0.5, 0.6) is 0 Å². The van der Waals surface area contributed by atoms with Crippen molar-refractivity contribution in [2.24, 2.45) is 5.41 Å². The van der Waals surface area contributed by atoms with Crippen LogP contribution < -0.4 is 10.6 Å². The Morgan fingerprint density at radius 2 is 1.64 bits per heavy atom. The smallest absolute Gasteiger partial charge is 0.148 e. The minimum Gasteiger partial charge on any atom is -0.383 e. The Bertz CT molecular complexity index is 1920. The molecule has 1 unspecified atom stereocenters. The molecule has 0 saturated carbocycles. The van der Waals surface area contributed by atoms with Gasteiger partial charge in [-0.05, 0) is 47.4 Å². The molecule has 0 aliphatic heterocycles. The third-order valence-corrected chi connectivity index (χ3v) is 7.26. The van der Waals surface area contributed by atoms with Gasteiger partial charge in [0.25, 0.3) is 0 Å². The van der Waals surface area contributed by atoms with Crippen molar-refractivity contribution in [3.05, 3.63) is 112 Å². The first-order valence-electron chi connectivity index (χ1n) is 13.8. The number of halogens is 3. The molecule has 0 bridgehead atoms. The molecule has 0 fully saturated rings. The van der Waals surface area contributed by atoms with Crippen LogP contribution in [0.4, 0.5) is 24.5 Å². The number of aromatic nitrogens is 4. The maximum Gasteiger partial charge on any atom is 0.148 e. The highest BCUT2D eigenvalue weighted by molar-refractivity contribution is 6.19. The second-order valence-corrected chi connectivity index (χ2v) is 11.9. The molecule has 5 aromatic rings. The number of hydrogen-bond acceptors (Lipinski definition) is 7. The molecule has 1 atom stereocenters. The number of anilines is 2. The van der Waals surface area contributed by atoms with E-state index in [1.807, 2.05) is 0 Å². The second-order valence-electron chi connectivity index (χ2n) is 11.9. The van der Waals surface area contributed by atoms with E-state index < -0.39 is 22.9 Å². The van der Waals surface area contributed by atoms with Crippen LogP contribution in [-0.2, 0) is 12.0 Å². The van der Waals surface area contributed by atoms with Crippen LogP contribution in [0.15, 0.2) is 67.0 Å². The van der Waals surface area contributed by atoms with Crippen LogP contribution in [0.1, 0.15) is 48.7 Å². The van der Waals surface area contributed by atoms with Gasteiger partial charge in [-0.3, -0.25) is 4.98 Å². The zero-order valence-electron chi connectivity index (χ0n) is 24.6. The average Bonchev–Trinajstić information content (AvgIpc) is 3.46. The van der Waals surface area contributed by atoms with Gasteiger partial charge in [0.1, 0.15) is 43.1 Å². The van der Waals surface area contributed by atoms with Crippen molar-refractivity contribution in [3.8, 4) is 12.1 Å². The number of nitriles is 2. The molecule has 2 N–H and O–H groups in total. The van der Waals surface area contributed by atoms with Crippen LogP contribution in [-0.4, -0.2) is 34.4 Å². The molecule has 5 rings (SSSR count). The molecular formula is C32H28BF3N8. The van der Waals surface area contributed by atoms with Crippen molar-refractivity contribution < 1.29 is 13.2 Å². The van der Waals surface area contributed by atoms with E-state index in [1.54, 1.807) is 38.3 Å². The zero-order valence-corrected chi connectivity index (χ0v) is 24.6. The lowest BCUT2D eigenvalue weighted by molar-refractivity contribution is 0.443. The normalized spacial score (nSPS) is 12.7. The average molecular weight is 592 g/mol. The van der Waals surface area contributed by atoms with Gasteiger partial charge in [-0.15, -0.1) is 5.10 Å². The fraction of sp³-hybridized carbons (Fsp3) is 0.219. The highest BCUT2D eigenvalue weighted by Crippen LogP contribution is 2.35. The molecule has 3 aromatic carbocycles. The summed E-state index contributed by atoms with van der Waals surface area (Å²) < 4.78 is 44.0. The Balaban J connectivity index is 1.63. The van der Waals surface area contributed by atoms with E-state index in [-0.39, 0.29) is 23.1 Å². The van der Waals surface area contributed by atoms with Crippen molar-refractivity contribution >= 4 is 30.1 Å². The van der Waals surface area contributed by atoms with Crippen molar-refractivity contribution in [1.29, 1.82) is 10.5 Å². The van der Waals surface area contributed by atoms with Gasteiger partial charge in [-0.1, -0.05) is 44.2 Å². The summed E-state index contributed by atoms with van der Waals surface area (Å²) in [6, 6.07) is 17.2. The number of benzene rings is 3.